The van der Waals surface area contributed by atoms with Gasteiger partial charge in [-0.1, -0.05) is 0 Å². The Labute approximate surface area is 76.3 Å². The summed E-state index contributed by atoms with van der Waals surface area (Å²) in [6, 6.07) is 5.19. The highest BCUT2D eigenvalue weighted by molar-refractivity contribution is 5.42. The standard InChI is InChI=1S/C10H11FO2/c1-12-7-2-3-8-9(11)4-5-13-10(8)6-7/h2-3,6,9H,4-5H2,1H3. The zero-order valence-electron chi connectivity index (χ0n) is 7.42. The van der Waals surface area contributed by atoms with Gasteiger partial charge in [0.15, 0.2) is 0 Å². The molecule has 13 heavy (non-hydrogen) atoms. The number of hydrogen-bond acceptors (Lipinski definition) is 2. The van der Waals surface area contributed by atoms with Gasteiger partial charge in [-0.2, -0.15) is 0 Å². The molecule has 3 heteroatoms. The van der Waals surface area contributed by atoms with Gasteiger partial charge in [0.2, 0.25) is 0 Å². The summed E-state index contributed by atoms with van der Waals surface area (Å²) in [7, 11) is 1.58. The van der Waals surface area contributed by atoms with Crippen LogP contribution in [0.3, 0.4) is 0 Å². The Morgan fingerprint density at radius 3 is 3.15 bits per heavy atom. The summed E-state index contributed by atoms with van der Waals surface area (Å²) < 4.78 is 23.6. The number of ether oxygens (including phenoxy) is 2. The summed E-state index contributed by atoms with van der Waals surface area (Å²) >= 11 is 0. The first-order valence-corrected chi connectivity index (χ1v) is 4.26. The number of hydrogen-bond donors (Lipinski definition) is 0. The fourth-order valence-electron chi connectivity index (χ4n) is 1.45. The first kappa shape index (κ1) is 8.35. The number of benzene rings is 1. The molecule has 1 aliphatic rings. The van der Waals surface area contributed by atoms with E-state index in [1.54, 1.807) is 25.3 Å². The Balaban J connectivity index is 2.39. The Kier molecular flexibility index (Phi) is 2.08. The van der Waals surface area contributed by atoms with Crippen molar-refractivity contribution in [2.24, 2.45) is 0 Å². The van der Waals surface area contributed by atoms with E-state index in [1.165, 1.54) is 0 Å². The van der Waals surface area contributed by atoms with Crippen molar-refractivity contribution >= 4 is 0 Å². The second-order valence-electron chi connectivity index (χ2n) is 3.01. The van der Waals surface area contributed by atoms with E-state index in [0.29, 0.717) is 30.1 Å². The lowest BCUT2D eigenvalue weighted by Crippen LogP contribution is -2.10. The highest BCUT2D eigenvalue weighted by Crippen LogP contribution is 2.36. The van der Waals surface area contributed by atoms with E-state index in [2.05, 4.69) is 0 Å². The summed E-state index contributed by atoms with van der Waals surface area (Å²) in [6.07, 6.45) is -0.450. The zero-order valence-corrected chi connectivity index (χ0v) is 7.42. The molecule has 0 saturated carbocycles. The van der Waals surface area contributed by atoms with Gasteiger partial charge in [0.05, 0.1) is 13.7 Å². The fraction of sp³-hybridized carbons (Fsp3) is 0.400. The molecular weight excluding hydrogens is 171 g/mol. The maximum Gasteiger partial charge on any atom is 0.132 e. The van der Waals surface area contributed by atoms with Gasteiger partial charge in [-0.05, 0) is 12.1 Å². The molecule has 1 aromatic carbocycles. The number of fused-ring (bicyclic) bond motifs is 1. The van der Waals surface area contributed by atoms with Gasteiger partial charge in [0.25, 0.3) is 0 Å². The molecule has 70 valence electrons. The summed E-state index contributed by atoms with van der Waals surface area (Å²) in [6.45, 7) is 0.446. The molecule has 2 rings (SSSR count). The third-order valence-corrected chi connectivity index (χ3v) is 2.19. The first-order valence-electron chi connectivity index (χ1n) is 4.26. The van der Waals surface area contributed by atoms with Crippen LogP contribution in [0.5, 0.6) is 11.5 Å². The average Bonchev–Trinajstić information content (AvgIpc) is 2.18. The Hall–Kier alpha value is -1.25. The van der Waals surface area contributed by atoms with E-state index in [1.807, 2.05) is 0 Å². The molecular formula is C10H11FO2. The van der Waals surface area contributed by atoms with Crippen molar-refractivity contribution in [1.82, 2.24) is 0 Å². The molecule has 0 saturated heterocycles. The van der Waals surface area contributed by atoms with Crippen molar-refractivity contribution in [3.63, 3.8) is 0 Å². The predicted octanol–water partition coefficient (Wildman–Crippen LogP) is 2.49. The van der Waals surface area contributed by atoms with Crippen molar-refractivity contribution in [3.05, 3.63) is 23.8 Å². The van der Waals surface area contributed by atoms with E-state index < -0.39 is 6.17 Å². The summed E-state index contributed by atoms with van der Waals surface area (Å²) in [5.41, 5.74) is 0.632. The fourth-order valence-corrected chi connectivity index (χ4v) is 1.45. The number of rotatable bonds is 1. The minimum absolute atomic E-state index is 0.444. The van der Waals surface area contributed by atoms with E-state index in [0.717, 1.165) is 0 Å². The van der Waals surface area contributed by atoms with Gasteiger partial charge >= 0.3 is 0 Å². The van der Waals surface area contributed by atoms with Crippen molar-refractivity contribution in [2.75, 3.05) is 13.7 Å². The smallest absolute Gasteiger partial charge is 0.132 e. The molecule has 1 aliphatic heterocycles. The highest BCUT2D eigenvalue weighted by Gasteiger charge is 2.20. The minimum atomic E-state index is -0.894. The molecule has 0 radical (unpaired) electrons. The van der Waals surface area contributed by atoms with Crippen LogP contribution in [0.25, 0.3) is 0 Å². The van der Waals surface area contributed by atoms with E-state index in [9.17, 15) is 4.39 Å². The molecule has 0 aromatic heterocycles. The molecule has 0 aliphatic carbocycles. The summed E-state index contributed by atoms with van der Waals surface area (Å²) in [5.74, 6) is 1.31. The molecule has 1 unspecified atom stereocenters. The molecule has 0 N–H and O–H groups in total. The predicted molar refractivity (Wildman–Crippen MR) is 47.0 cm³/mol. The highest BCUT2D eigenvalue weighted by atomic mass is 19.1. The van der Waals surface area contributed by atoms with Crippen LogP contribution in [0.2, 0.25) is 0 Å². The molecule has 0 amide bonds. The Morgan fingerprint density at radius 1 is 1.54 bits per heavy atom. The van der Waals surface area contributed by atoms with Gasteiger partial charge in [-0.25, -0.2) is 4.39 Å². The van der Waals surface area contributed by atoms with Crippen molar-refractivity contribution < 1.29 is 13.9 Å². The van der Waals surface area contributed by atoms with E-state index in [4.69, 9.17) is 9.47 Å². The second kappa shape index (κ2) is 3.24. The molecule has 0 bridgehead atoms. The molecule has 2 nitrogen and oxygen atoms in total. The van der Waals surface area contributed by atoms with Gasteiger partial charge < -0.3 is 9.47 Å². The normalized spacial score (nSPS) is 20.3. The summed E-state index contributed by atoms with van der Waals surface area (Å²) in [5, 5.41) is 0. The van der Waals surface area contributed by atoms with Crippen LogP contribution < -0.4 is 9.47 Å². The lowest BCUT2D eigenvalue weighted by molar-refractivity contribution is 0.199. The van der Waals surface area contributed by atoms with Crippen LogP contribution in [-0.4, -0.2) is 13.7 Å². The third kappa shape index (κ3) is 1.46. The second-order valence-corrected chi connectivity index (χ2v) is 3.01. The quantitative estimate of drug-likeness (QED) is 0.664. The SMILES string of the molecule is COc1ccc2c(c1)OCCC2F. The number of alkyl halides is 1. The van der Waals surface area contributed by atoms with Crippen LogP contribution in [0.15, 0.2) is 18.2 Å². The zero-order chi connectivity index (χ0) is 9.26. The maximum absolute atomic E-state index is 13.3. The van der Waals surface area contributed by atoms with E-state index >= 15 is 0 Å². The van der Waals surface area contributed by atoms with Gasteiger partial charge in [0, 0.05) is 18.1 Å². The lowest BCUT2D eigenvalue weighted by Gasteiger charge is -2.20. The summed E-state index contributed by atoms with van der Waals surface area (Å²) in [4.78, 5) is 0. The van der Waals surface area contributed by atoms with Gasteiger partial charge in [-0.15, -0.1) is 0 Å². The number of halogens is 1. The van der Waals surface area contributed by atoms with Crippen molar-refractivity contribution in [2.45, 2.75) is 12.6 Å². The van der Waals surface area contributed by atoms with Crippen LogP contribution in [0, 0.1) is 0 Å². The monoisotopic (exact) mass is 182 g/mol. The molecule has 0 fully saturated rings. The maximum atomic E-state index is 13.3. The van der Waals surface area contributed by atoms with Crippen LogP contribution in [0.1, 0.15) is 18.2 Å². The molecule has 0 spiro atoms. The molecule has 1 aromatic rings. The van der Waals surface area contributed by atoms with Crippen molar-refractivity contribution in [1.29, 1.82) is 0 Å². The molecule has 1 heterocycles. The first-order chi connectivity index (χ1) is 6.31. The van der Waals surface area contributed by atoms with Crippen LogP contribution >= 0.6 is 0 Å². The van der Waals surface area contributed by atoms with Crippen LogP contribution in [0.4, 0.5) is 4.39 Å². The van der Waals surface area contributed by atoms with Crippen molar-refractivity contribution in [3.8, 4) is 11.5 Å². The third-order valence-electron chi connectivity index (χ3n) is 2.19. The Bertz CT molecular complexity index is 312. The largest absolute Gasteiger partial charge is 0.497 e. The minimum Gasteiger partial charge on any atom is -0.497 e. The Morgan fingerprint density at radius 2 is 2.38 bits per heavy atom. The van der Waals surface area contributed by atoms with Gasteiger partial charge in [0.1, 0.15) is 17.7 Å². The van der Waals surface area contributed by atoms with E-state index in [-0.39, 0.29) is 0 Å². The topological polar surface area (TPSA) is 18.5 Å². The van der Waals surface area contributed by atoms with Crippen LogP contribution in [-0.2, 0) is 0 Å². The number of methoxy groups -OCH3 is 1. The molecule has 1 atom stereocenters. The average molecular weight is 182 g/mol. The lowest BCUT2D eigenvalue weighted by atomic mass is 10.0. The van der Waals surface area contributed by atoms with Gasteiger partial charge in [-0.3, -0.25) is 0 Å².